The molecule has 0 aliphatic carbocycles. The fourth-order valence-corrected chi connectivity index (χ4v) is 1.93. The molecule has 0 spiro atoms. The van der Waals surface area contributed by atoms with Crippen LogP contribution in [0.3, 0.4) is 0 Å². The van der Waals surface area contributed by atoms with Gasteiger partial charge in [0.05, 0.1) is 0 Å². The van der Waals surface area contributed by atoms with Crippen molar-refractivity contribution in [1.29, 1.82) is 0 Å². The van der Waals surface area contributed by atoms with Crippen LogP contribution in [0.15, 0.2) is 60.7 Å². The molecular weight excluding hydrogens is 203 g/mol. The van der Waals surface area contributed by atoms with Gasteiger partial charge in [-0.25, -0.2) is 4.39 Å². The van der Waals surface area contributed by atoms with E-state index in [-0.39, 0.29) is 0 Å². The van der Waals surface area contributed by atoms with Gasteiger partial charge in [-0.15, -0.1) is 0 Å². The van der Waals surface area contributed by atoms with E-state index in [9.17, 15) is 4.39 Å². The average Bonchev–Trinajstić information content (AvgIpc) is 3.06. The van der Waals surface area contributed by atoms with Crippen LogP contribution in [0, 0.1) is 0 Å². The number of ether oxygens (including phenoxy) is 1. The third-order valence-electron chi connectivity index (χ3n) is 2.84. The monoisotopic (exact) mass is 214 g/mol. The lowest BCUT2D eigenvalue weighted by molar-refractivity contribution is 0.141. The molecule has 2 aromatic rings. The molecule has 3 rings (SSSR count). The molecule has 0 radical (unpaired) electrons. The van der Waals surface area contributed by atoms with Crippen molar-refractivity contribution < 1.29 is 9.13 Å². The van der Waals surface area contributed by atoms with Crippen molar-refractivity contribution in [2.75, 3.05) is 0 Å². The molecule has 1 heterocycles. The second-order valence-corrected chi connectivity index (χ2v) is 3.92. The van der Waals surface area contributed by atoms with Crippen LogP contribution in [-0.4, -0.2) is 0 Å². The summed E-state index contributed by atoms with van der Waals surface area (Å²) in [5, 5.41) is 0. The highest BCUT2D eigenvalue weighted by Crippen LogP contribution is 2.57. The second-order valence-electron chi connectivity index (χ2n) is 3.92. The molecule has 1 aliphatic heterocycles. The Bertz CT molecular complexity index is 483. The lowest BCUT2D eigenvalue weighted by Crippen LogP contribution is -2.01. The highest BCUT2D eigenvalue weighted by Gasteiger charge is 2.60. The van der Waals surface area contributed by atoms with Gasteiger partial charge in [0.25, 0.3) is 5.85 Å². The minimum Gasteiger partial charge on any atom is -0.325 e. The number of hydrogen-bond donors (Lipinski definition) is 0. The maximum Gasteiger partial charge on any atom is 0.267 e. The summed E-state index contributed by atoms with van der Waals surface area (Å²) < 4.78 is 19.6. The Hall–Kier alpha value is -1.67. The van der Waals surface area contributed by atoms with Crippen molar-refractivity contribution in [3.8, 4) is 0 Å². The van der Waals surface area contributed by atoms with Crippen LogP contribution in [0.25, 0.3) is 0 Å². The summed E-state index contributed by atoms with van der Waals surface area (Å²) in [4.78, 5) is 0. The number of rotatable bonds is 2. The van der Waals surface area contributed by atoms with E-state index in [2.05, 4.69) is 0 Å². The molecule has 0 aromatic heterocycles. The van der Waals surface area contributed by atoms with E-state index in [0.29, 0.717) is 5.56 Å². The quantitative estimate of drug-likeness (QED) is 0.696. The molecule has 2 aromatic carbocycles. The van der Waals surface area contributed by atoms with Crippen LogP contribution in [-0.2, 0) is 10.6 Å². The van der Waals surface area contributed by atoms with E-state index in [4.69, 9.17) is 4.74 Å². The van der Waals surface area contributed by atoms with Gasteiger partial charge < -0.3 is 4.74 Å². The summed E-state index contributed by atoms with van der Waals surface area (Å²) in [6, 6.07) is 18.5. The predicted molar refractivity (Wildman–Crippen MR) is 59.5 cm³/mol. The zero-order valence-corrected chi connectivity index (χ0v) is 8.64. The summed E-state index contributed by atoms with van der Waals surface area (Å²) >= 11 is 0. The molecule has 0 N–H and O–H groups in total. The largest absolute Gasteiger partial charge is 0.325 e. The van der Waals surface area contributed by atoms with Crippen LogP contribution in [0.1, 0.15) is 17.2 Å². The van der Waals surface area contributed by atoms with Crippen LogP contribution >= 0.6 is 0 Å². The first kappa shape index (κ1) is 9.55. The molecule has 0 unspecified atom stereocenters. The summed E-state index contributed by atoms with van der Waals surface area (Å²) in [5.74, 6) is -1.64. The number of halogens is 1. The number of alkyl halides is 1. The van der Waals surface area contributed by atoms with Gasteiger partial charge in [-0.3, -0.25) is 0 Å². The van der Waals surface area contributed by atoms with Crippen LogP contribution in [0.2, 0.25) is 0 Å². The van der Waals surface area contributed by atoms with E-state index in [1.165, 1.54) is 0 Å². The molecule has 0 bridgehead atoms. The summed E-state index contributed by atoms with van der Waals surface area (Å²) in [6.07, 6.45) is -0.462. The van der Waals surface area contributed by atoms with E-state index < -0.39 is 12.0 Å². The first-order valence-corrected chi connectivity index (χ1v) is 5.28. The second kappa shape index (κ2) is 3.42. The molecule has 0 saturated carbocycles. The molecule has 80 valence electrons. The number of hydrogen-bond acceptors (Lipinski definition) is 1. The normalized spacial score (nSPS) is 27.7. The zero-order valence-electron chi connectivity index (χ0n) is 8.64. The maximum absolute atomic E-state index is 14.4. The lowest BCUT2D eigenvalue weighted by Gasteiger charge is -2.02. The molecule has 1 fully saturated rings. The Morgan fingerprint density at radius 1 is 0.875 bits per heavy atom. The Balaban J connectivity index is 1.90. The molecule has 1 aliphatic rings. The fraction of sp³-hybridized carbons (Fsp3) is 0.143. The zero-order chi connectivity index (χ0) is 11.0. The molecule has 16 heavy (non-hydrogen) atoms. The third kappa shape index (κ3) is 1.42. The standard InChI is InChI=1S/C14H11FO/c15-14(12-9-5-2-6-10-12)13(16-14)11-7-3-1-4-8-11/h1-10,13H/t13-,14+/m1/s1. The fourth-order valence-electron chi connectivity index (χ4n) is 1.93. The Kier molecular flexibility index (Phi) is 2.04. The van der Waals surface area contributed by atoms with Gasteiger partial charge in [-0.05, 0) is 5.56 Å². The van der Waals surface area contributed by atoms with Crippen LogP contribution < -0.4 is 0 Å². The molecular formula is C14H11FO. The minimum absolute atomic E-state index is 0.462. The summed E-state index contributed by atoms with van der Waals surface area (Å²) in [5.41, 5.74) is 1.47. The van der Waals surface area contributed by atoms with Crippen molar-refractivity contribution >= 4 is 0 Å². The van der Waals surface area contributed by atoms with Gasteiger partial charge in [0.2, 0.25) is 0 Å². The SMILES string of the molecule is F[C@@]1(c2ccccc2)O[C@@H]1c1ccccc1. The van der Waals surface area contributed by atoms with Gasteiger partial charge >= 0.3 is 0 Å². The summed E-state index contributed by atoms with van der Waals surface area (Å²) in [7, 11) is 0. The van der Waals surface area contributed by atoms with E-state index in [1.807, 2.05) is 48.5 Å². The van der Waals surface area contributed by atoms with Crippen molar-refractivity contribution in [2.24, 2.45) is 0 Å². The molecule has 1 nitrogen and oxygen atoms in total. The Labute approximate surface area is 93.5 Å². The van der Waals surface area contributed by atoms with Crippen LogP contribution in [0.4, 0.5) is 4.39 Å². The van der Waals surface area contributed by atoms with E-state index in [1.54, 1.807) is 12.1 Å². The van der Waals surface area contributed by atoms with E-state index in [0.717, 1.165) is 5.56 Å². The number of epoxide rings is 1. The van der Waals surface area contributed by atoms with E-state index >= 15 is 0 Å². The Morgan fingerprint density at radius 3 is 2.06 bits per heavy atom. The van der Waals surface area contributed by atoms with Gasteiger partial charge in [0, 0.05) is 5.56 Å². The summed E-state index contributed by atoms with van der Waals surface area (Å²) in [6.45, 7) is 0. The number of benzene rings is 2. The average molecular weight is 214 g/mol. The van der Waals surface area contributed by atoms with Gasteiger partial charge in [0.15, 0.2) is 0 Å². The predicted octanol–water partition coefficient (Wildman–Crippen LogP) is 3.58. The van der Waals surface area contributed by atoms with Crippen molar-refractivity contribution in [3.63, 3.8) is 0 Å². The molecule has 2 atom stereocenters. The third-order valence-corrected chi connectivity index (χ3v) is 2.84. The topological polar surface area (TPSA) is 12.5 Å². The van der Waals surface area contributed by atoms with Crippen LogP contribution in [0.5, 0.6) is 0 Å². The first-order chi connectivity index (χ1) is 7.81. The highest BCUT2D eigenvalue weighted by molar-refractivity contribution is 5.32. The maximum atomic E-state index is 14.4. The molecule has 1 saturated heterocycles. The smallest absolute Gasteiger partial charge is 0.267 e. The molecule has 0 amide bonds. The molecule has 2 heteroatoms. The van der Waals surface area contributed by atoms with Crippen molar-refractivity contribution in [3.05, 3.63) is 71.8 Å². The van der Waals surface area contributed by atoms with Gasteiger partial charge in [-0.1, -0.05) is 60.7 Å². The van der Waals surface area contributed by atoms with Crippen molar-refractivity contribution in [1.82, 2.24) is 0 Å². The lowest BCUT2D eigenvalue weighted by atomic mass is 10.0. The Morgan fingerprint density at radius 2 is 1.44 bits per heavy atom. The van der Waals surface area contributed by atoms with Gasteiger partial charge in [0.1, 0.15) is 6.10 Å². The van der Waals surface area contributed by atoms with Gasteiger partial charge in [-0.2, -0.15) is 0 Å². The first-order valence-electron chi connectivity index (χ1n) is 5.28. The highest BCUT2D eigenvalue weighted by atomic mass is 19.2. The van der Waals surface area contributed by atoms with Crippen molar-refractivity contribution in [2.45, 2.75) is 12.0 Å². The minimum atomic E-state index is -1.64.